The van der Waals surface area contributed by atoms with Crippen molar-refractivity contribution >= 4 is 11.6 Å². The van der Waals surface area contributed by atoms with Crippen molar-refractivity contribution in [3.63, 3.8) is 0 Å². The third-order valence-corrected chi connectivity index (χ3v) is 10.7. The quantitative estimate of drug-likeness (QED) is 0.282. The molecule has 2 unspecified atom stereocenters. The lowest BCUT2D eigenvalue weighted by Gasteiger charge is -2.36. The van der Waals surface area contributed by atoms with Gasteiger partial charge < -0.3 is 0 Å². The van der Waals surface area contributed by atoms with Gasteiger partial charge in [-0.2, -0.15) is 0 Å². The van der Waals surface area contributed by atoms with E-state index in [9.17, 15) is 0 Å². The lowest BCUT2D eigenvalue weighted by Crippen LogP contribution is -2.23. The third kappa shape index (κ3) is 7.40. The number of unbranched alkanes of at least 4 members (excludes halogenated alkanes) is 2. The van der Waals surface area contributed by atoms with Crippen LogP contribution in [0.15, 0.2) is 34.9 Å². The predicted molar refractivity (Wildman–Crippen MR) is 154 cm³/mol. The Labute approximate surface area is 222 Å². The van der Waals surface area contributed by atoms with Gasteiger partial charge in [0.2, 0.25) is 0 Å². The first-order chi connectivity index (χ1) is 17.1. The summed E-state index contributed by atoms with van der Waals surface area (Å²) in [6.45, 7) is 7.14. The maximum atomic E-state index is 7.03. The lowest BCUT2D eigenvalue weighted by atomic mass is 9.70. The Morgan fingerprint density at radius 2 is 1.31 bits per heavy atom. The van der Waals surface area contributed by atoms with Crippen molar-refractivity contribution in [3.8, 4) is 0 Å². The van der Waals surface area contributed by atoms with E-state index in [1.165, 1.54) is 113 Å². The van der Waals surface area contributed by atoms with Crippen LogP contribution in [0.4, 0.5) is 0 Å². The third-order valence-electron chi connectivity index (χ3n) is 10.3. The zero-order chi connectivity index (χ0) is 24.6. The van der Waals surface area contributed by atoms with Crippen LogP contribution in [-0.2, 0) is 0 Å². The fraction of sp³-hybridized carbons (Fsp3) is 0.765. The van der Waals surface area contributed by atoms with Gasteiger partial charge in [-0.05, 0) is 104 Å². The van der Waals surface area contributed by atoms with Gasteiger partial charge in [0, 0.05) is 5.03 Å². The molecular weight excluding hydrogens is 444 g/mol. The van der Waals surface area contributed by atoms with Gasteiger partial charge >= 0.3 is 0 Å². The Hall–Kier alpha value is -0.750. The minimum Gasteiger partial charge on any atom is -0.0892 e. The largest absolute Gasteiger partial charge is 0.0892 e. The Kier molecular flexibility index (Phi) is 10.7. The zero-order valence-electron chi connectivity index (χ0n) is 23.2. The molecule has 3 aliphatic carbocycles. The van der Waals surface area contributed by atoms with Crippen molar-refractivity contribution in [1.29, 1.82) is 0 Å². The van der Waals surface area contributed by atoms with Gasteiger partial charge in [0.25, 0.3) is 0 Å². The molecule has 196 valence electrons. The Morgan fingerprint density at radius 3 is 1.91 bits per heavy atom. The second kappa shape index (κ2) is 13.7. The van der Waals surface area contributed by atoms with Crippen LogP contribution in [-0.4, -0.2) is 0 Å². The molecule has 0 nitrogen and oxygen atoms in total. The van der Waals surface area contributed by atoms with E-state index < -0.39 is 0 Å². The second-order valence-corrected chi connectivity index (χ2v) is 13.1. The molecule has 1 aromatic rings. The number of halogens is 1. The number of hydrogen-bond acceptors (Lipinski definition) is 0. The highest BCUT2D eigenvalue weighted by Gasteiger charge is 2.31. The summed E-state index contributed by atoms with van der Waals surface area (Å²) in [6, 6.07) is 9.79. The Morgan fingerprint density at radius 1 is 0.714 bits per heavy atom. The Balaban J connectivity index is 1.27. The first-order valence-corrected chi connectivity index (χ1v) is 15.9. The zero-order valence-corrected chi connectivity index (χ0v) is 23.9. The summed E-state index contributed by atoms with van der Waals surface area (Å²) in [5.41, 5.74) is 4.71. The van der Waals surface area contributed by atoms with Gasteiger partial charge in [-0.3, -0.25) is 0 Å². The van der Waals surface area contributed by atoms with Crippen LogP contribution in [0.25, 0.3) is 0 Å². The Bertz CT molecular complexity index is 773. The van der Waals surface area contributed by atoms with Gasteiger partial charge in [-0.15, -0.1) is 0 Å². The van der Waals surface area contributed by atoms with Crippen molar-refractivity contribution < 1.29 is 0 Å². The molecule has 1 heteroatoms. The van der Waals surface area contributed by atoms with Crippen molar-refractivity contribution in [1.82, 2.24) is 0 Å². The summed E-state index contributed by atoms with van der Waals surface area (Å²) >= 11 is 7.03. The molecule has 0 bridgehead atoms. The van der Waals surface area contributed by atoms with E-state index in [0.717, 1.165) is 30.1 Å². The summed E-state index contributed by atoms with van der Waals surface area (Å²) in [4.78, 5) is 0. The summed E-state index contributed by atoms with van der Waals surface area (Å²) in [6.07, 6.45) is 23.5. The topological polar surface area (TPSA) is 0 Å². The first-order valence-electron chi connectivity index (χ1n) is 15.6. The van der Waals surface area contributed by atoms with Crippen molar-refractivity contribution in [2.45, 2.75) is 142 Å². The van der Waals surface area contributed by atoms with Crippen LogP contribution in [0.1, 0.15) is 153 Å². The lowest BCUT2D eigenvalue weighted by molar-refractivity contribution is 0.217. The molecule has 0 amide bonds. The smallest absolute Gasteiger partial charge is 0.0181 e. The van der Waals surface area contributed by atoms with Crippen LogP contribution in [0.3, 0.4) is 0 Å². The fourth-order valence-electron chi connectivity index (χ4n) is 7.85. The molecule has 2 fully saturated rings. The van der Waals surface area contributed by atoms with Crippen molar-refractivity contribution in [2.24, 2.45) is 23.7 Å². The van der Waals surface area contributed by atoms with Crippen LogP contribution < -0.4 is 0 Å². The van der Waals surface area contributed by atoms with Crippen molar-refractivity contribution in [2.75, 3.05) is 0 Å². The highest BCUT2D eigenvalue weighted by atomic mass is 35.5. The molecule has 1 aromatic carbocycles. The molecule has 2 atom stereocenters. The monoisotopic (exact) mass is 496 g/mol. The minimum absolute atomic E-state index is 0.613. The van der Waals surface area contributed by atoms with E-state index in [2.05, 4.69) is 45.0 Å². The van der Waals surface area contributed by atoms with E-state index >= 15 is 0 Å². The average molecular weight is 497 g/mol. The molecule has 0 N–H and O–H groups in total. The van der Waals surface area contributed by atoms with Gasteiger partial charge in [0.05, 0.1) is 0 Å². The van der Waals surface area contributed by atoms with Crippen LogP contribution in [0.2, 0.25) is 0 Å². The minimum atomic E-state index is 0.613. The fourth-order valence-corrected chi connectivity index (χ4v) is 8.30. The van der Waals surface area contributed by atoms with E-state index in [-0.39, 0.29) is 0 Å². The van der Waals surface area contributed by atoms with Crippen LogP contribution in [0, 0.1) is 23.7 Å². The molecule has 4 rings (SSSR count). The number of allylic oxidation sites excluding steroid dienone is 2. The molecular formula is C34H53Cl. The molecule has 0 radical (unpaired) electrons. The molecule has 0 spiro atoms. The summed E-state index contributed by atoms with van der Waals surface area (Å²) in [7, 11) is 0. The second-order valence-electron chi connectivity index (χ2n) is 12.6. The normalized spacial score (nSPS) is 30.9. The molecule has 3 aliphatic rings. The molecule has 0 heterocycles. The first kappa shape index (κ1) is 27.3. The molecule has 0 aromatic heterocycles. The van der Waals surface area contributed by atoms with E-state index in [1.807, 2.05) is 0 Å². The predicted octanol–water partition coefficient (Wildman–Crippen LogP) is 11.5. The molecule has 0 aliphatic heterocycles. The van der Waals surface area contributed by atoms with Crippen LogP contribution >= 0.6 is 11.6 Å². The van der Waals surface area contributed by atoms with Crippen molar-refractivity contribution in [3.05, 3.63) is 46.0 Å². The summed E-state index contributed by atoms with van der Waals surface area (Å²) in [5, 5.41) is 1.21. The molecule has 0 saturated heterocycles. The highest BCUT2D eigenvalue weighted by molar-refractivity contribution is 6.30. The van der Waals surface area contributed by atoms with Gasteiger partial charge in [-0.25, -0.2) is 0 Å². The van der Waals surface area contributed by atoms with E-state index in [1.54, 1.807) is 11.1 Å². The molecule has 35 heavy (non-hydrogen) atoms. The van der Waals surface area contributed by atoms with Gasteiger partial charge in [0.15, 0.2) is 0 Å². The maximum Gasteiger partial charge on any atom is 0.0181 e. The number of hydrogen-bond donors (Lipinski definition) is 0. The summed E-state index contributed by atoms with van der Waals surface area (Å²) in [5.74, 6) is 4.95. The van der Waals surface area contributed by atoms with E-state index in [0.29, 0.717) is 11.8 Å². The van der Waals surface area contributed by atoms with Crippen LogP contribution in [0.5, 0.6) is 0 Å². The van der Waals surface area contributed by atoms with Gasteiger partial charge in [-0.1, -0.05) is 114 Å². The highest BCUT2D eigenvalue weighted by Crippen LogP contribution is 2.46. The number of rotatable bonds is 10. The van der Waals surface area contributed by atoms with Gasteiger partial charge in [0.1, 0.15) is 0 Å². The maximum absolute atomic E-state index is 7.03. The summed E-state index contributed by atoms with van der Waals surface area (Å²) < 4.78 is 0. The average Bonchev–Trinajstić information content (AvgIpc) is 2.90. The number of benzene rings is 1. The molecule has 2 saturated carbocycles. The SMILES string of the molecule is CCCCCC1CCC(C(C)C2=C(Cl)CC(c3ccc(C4CCC(CCC)CC4)cc3)CC2)CC1. The standard InChI is InChI=1S/C34H53Cl/c1-4-6-7-9-27-10-14-28(15-11-27)25(3)33-23-22-32(24-34(33)35)31-20-18-30(19-21-31)29-16-12-26(8-5-2)13-17-29/h18-21,25-29,32H,4-17,22-24H2,1-3H3. The van der Waals surface area contributed by atoms with E-state index in [4.69, 9.17) is 11.6 Å².